The molecule has 0 bridgehead atoms. The van der Waals surface area contributed by atoms with Crippen LogP contribution in [0.2, 0.25) is 5.02 Å². The highest BCUT2D eigenvalue weighted by Crippen LogP contribution is 2.23. The summed E-state index contributed by atoms with van der Waals surface area (Å²) in [5.74, 6) is -1.44. The van der Waals surface area contributed by atoms with Crippen LogP contribution in [0, 0.1) is 5.92 Å². The Bertz CT molecular complexity index is 1150. The molecule has 0 aliphatic rings. The number of ether oxygens (including phenoxy) is 3. The average Bonchev–Trinajstić information content (AvgIpc) is 2.88. The molecule has 0 spiro atoms. The minimum absolute atomic E-state index is 0.0731. The molecule has 0 aromatic heterocycles. The second-order valence-electron chi connectivity index (χ2n) is 10.4. The van der Waals surface area contributed by atoms with E-state index >= 15 is 0 Å². The van der Waals surface area contributed by atoms with Crippen LogP contribution in [0.1, 0.15) is 58.6 Å². The van der Waals surface area contributed by atoms with Gasteiger partial charge in [0.2, 0.25) is 5.91 Å². The van der Waals surface area contributed by atoms with Crippen molar-refractivity contribution >= 4 is 35.4 Å². The smallest absolute Gasteiger partial charge is 0.408 e. The lowest BCUT2D eigenvalue weighted by atomic mass is 9.95. The normalized spacial score (nSPS) is 12.6. The number of hydrogen-bond acceptors (Lipinski definition) is 7. The largest absolute Gasteiger partial charge is 0.482 e. The van der Waals surface area contributed by atoms with Crippen LogP contribution < -0.4 is 15.4 Å². The van der Waals surface area contributed by atoms with Crippen molar-refractivity contribution in [3.63, 3.8) is 0 Å². The number of carbonyl (C=O) groups excluding carboxylic acids is 4. The number of amides is 2. The van der Waals surface area contributed by atoms with Crippen LogP contribution in [0.3, 0.4) is 0 Å². The molecule has 2 aromatic rings. The van der Waals surface area contributed by atoms with Gasteiger partial charge in [0.25, 0.3) is 0 Å². The van der Waals surface area contributed by atoms with Crippen LogP contribution in [0.5, 0.6) is 5.75 Å². The number of nitrogens with one attached hydrogen (secondary N) is 2. The molecule has 2 aromatic carbocycles. The third kappa shape index (κ3) is 12.1. The Hall–Kier alpha value is -3.59. The van der Waals surface area contributed by atoms with E-state index in [2.05, 4.69) is 10.6 Å². The summed E-state index contributed by atoms with van der Waals surface area (Å²) >= 11 is 6.12. The Morgan fingerprint density at radius 1 is 1.02 bits per heavy atom. The first kappa shape index (κ1) is 32.6. The molecule has 9 nitrogen and oxygen atoms in total. The first-order valence-corrected chi connectivity index (χ1v) is 13.7. The van der Waals surface area contributed by atoms with Crippen molar-refractivity contribution in [3.8, 4) is 5.75 Å². The fraction of sp³-hybridized carbons (Fsp3) is 0.467. The average molecular weight is 575 g/mol. The summed E-state index contributed by atoms with van der Waals surface area (Å²) in [7, 11) is 0. The number of aryl methyl sites for hydroxylation is 1. The summed E-state index contributed by atoms with van der Waals surface area (Å²) in [5, 5.41) is 5.91. The number of alkyl carbamates (subject to hydrolysis) is 1. The Morgan fingerprint density at radius 3 is 2.38 bits per heavy atom. The highest BCUT2D eigenvalue weighted by molar-refractivity contribution is 6.30. The molecule has 0 saturated carbocycles. The molecule has 40 heavy (non-hydrogen) atoms. The third-order valence-corrected chi connectivity index (χ3v) is 5.96. The van der Waals surface area contributed by atoms with E-state index in [1.807, 2.05) is 30.3 Å². The van der Waals surface area contributed by atoms with Crippen molar-refractivity contribution in [1.29, 1.82) is 0 Å². The van der Waals surface area contributed by atoms with Gasteiger partial charge < -0.3 is 24.8 Å². The Morgan fingerprint density at radius 2 is 1.73 bits per heavy atom. The number of carbonyl (C=O) groups is 4. The number of benzene rings is 2. The van der Waals surface area contributed by atoms with Crippen LogP contribution in [0.4, 0.5) is 4.79 Å². The van der Waals surface area contributed by atoms with Crippen molar-refractivity contribution in [3.05, 3.63) is 64.7 Å². The highest BCUT2D eigenvalue weighted by atomic mass is 35.5. The lowest BCUT2D eigenvalue weighted by Gasteiger charge is -2.24. The van der Waals surface area contributed by atoms with Gasteiger partial charge in [-0.2, -0.15) is 0 Å². The van der Waals surface area contributed by atoms with Crippen LogP contribution in [0.15, 0.2) is 48.5 Å². The predicted molar refractivity (Wildman–Crippen MR) is 152 cm³/mol. The molecule has 0 aliphatic heterocycles. The van der Waals surface area contributed by atoms with E-state index in [0.717, 1.165) is 5.56 Å². The maximum absolute atomic E-state index is 13.2. The first-order chi connectivity index (χ1) is 18.9. The maximum atomic E-state index is 13.2. The minimum Gasteiger partial charge on any atom is -0.482 e. The molecule has 0 heterocycles. The zero-order valence-electron chi connectivity index (χ0n) is 23.8. The fourth-order valence-electron chi connectivity index (χ4n) is 3.78. The number of esters is 1. The third-order valence-electron chi connectivity index (χ3n) is 5.73. The van der Waals surface area contributed by atoms with E-state index < -0.39 is 29.6 Å². The van der Waals surface area contributed by atoms with Crippen LogP contribution in [-0.4, -0.2) is 48.6 Å². The molecule has 0 fully saturated rings. The van der Waals surface area contributed by atoms with E-state index in [4.69, 9.17) is 25.8 Å². The van der Waals surface area contributed by atoms with Gasteiger partial charge >= 0.3 is 12.1 Å². The molecular weight excluding hydrogens is 536 g/mol. The van der Waals surface area contributed by atoms with Gasteiger partial charge in [0.15, 0.2) is 12.4 Å². The molecule has 0 unspecified atom stereocenters. The van der Waals surface area contributed by atoms with Gasteiger partial charge in [-0.05, 0) is 64.3 Å². The summed E-state index contributed by atoms with van der Waals surface area (Å²) in [6, 6.07) is 13.7. The molecule has 2 amide bonds. The van der Waals surface area contributed by atoms with Crippen molar-refractivity contribution in [1.82, 2.24) is 10.6 Å². The maximum Gasteiger partial charge on any atom is 0.408 e. The zero-order valence-corrected chi connectivity index (χ0v) is 24.5. The van der Waals surface area contributed by atoms with Gasteiger partial charge in [-0.1, -0.05) is 48.9 Å². The van der Waals surface area contributed by atoms with Gasteiger partial charge in [-0.3, -0.25) is 9.59 Å². The SMILES string of the molecule is CCOC(=O)COc1ccc(Cl)cc1CNC(=O)[C@H](C)CC(=O)[C@@H](CCc1ccccc1)NC(=O)OC(C)(C)C. The van der Waals surface area contributed by atoms with Crippen LogP contribution in [0.25, 0.3) is 0 Å². The molecule has 0 saturated heterocycles. The van der Waals surface area contributed by atoms with Crippen LogP contribution >= 0.6 is 11.6 Å². The molecule has 218 valence electrons. The minimum atomic E-state index is -0.818. The quantitative estimate of drug-likeness (QED) is 0.304. The second kappa shape index (κ2) is 15.9. The van der Waals surface area contributed by atoms with E-state index in [1.54, 1.807) is 52.8 Å². The Kier molecular flexibility index (Phi) is 12.9. The number of rotatable bonds is 14. The van der Waals surface area contributed by atoms with Gasteiger partial charge in [-0.25, -0.2) is 9.59 Å². The first-order valence-electron chi connectivity index (χ1n) is 13.3. The number of Topliss-reactive ketones (excluding diaryl/α,β-unsaturated/α-hetero) is 1. The molecule has 2 rings (SSSR count). The summed E-state index contributed by atoms with van der Waals surface area (Å²) in [6.07, 6.45) is 0.159. The van der Waals surface area contributed by atoms with E-state index in [1.165, 1.54) is 0 Å². The van der Waals surface area contributed by atoms with Gasteiger partial charge in [0, 0.05) is 29.5 Å². The van der Waals surface area contributed by atoms with E-state index in [9.17, 15) is 19.2 Å². The van der Waals surface area contributed by atoms with Crippen molar-refractivity contribution in [2.75, 3.05) is 13.2 Å². The lowest BCUT2D eigenvalue weighted by Crippen LogP contribution is -2.44. The number of halogens is 1. The van der Waals surface area contributed by atoms with Crippen molar-refractivity contribution < 1.29 is 33.4 Å². The molecule has 2 N–H and O–H groups in total. The number of hydrogen-bond donors (Lipinski definition) is 2. The van der Waals surface area contributed by atoms with E-state index in [0.29, 0.717) is 29.2 Å². The fourth-order valence-corrected chi connectivity index (χ4v) is 3.97. The topological polar surface area (TPSA) is 120 Å². The molecule has 10 heteroatoms. The summed E-state index contributed by atoms with van der Waals surface area (Å²) < 4.78 is 15.8. The van der Waals surface area contributed by atoms with Gasteiger partial charge in [-0.15, -0.1) is 0 Å². The zero-order chi connectivity index (χ0) is 29.7. The Labute approximate surface area is 240 Å². The van der Waals surface area contributed by atoms with Gasteiger partial charge in [0.05, 0.1) is 12.6 Å². The van der Waals surface area contributed by atoms with Crippen LogP contribution in [-0.2, 0) is 36.8 Å². The standard InChI is InChI=1S/C30H39ClN2O7/c1-6-38-27(35)19-39-26-15-13-23(31)17-22(26)18-32-28(36)20(2)16-25(34)24(33-29(37)40-30(3,4)5)14-12-21-10-8-7-9-11-21/h7-11,13,15,17,20,24H,6,12,14,16,18-19H2,1-5H3,(H,32,36)(H,33,37)/t20-,24-/m1/s1. The second-order valence-corrected chi connectivity index (χ2v) is 10.8. The molecular formula is C30H39ClN2O7. The van der Waals surface area contributed by atoms with Crippen molar-refractivity contribution in [2.24, 2.45) is 5.92 Å². The van der Waals surface area contributed by atoms with Gasteiger partial charge in [0.1, 0.15) is 11.4 Å². The summed E-state index contributed by atoms with van der Waals surface area (Å²) in [5.41, 5.74) is 0.874. The monoisotopic (exact) mass is 574 g/mol. The highest BCUT2D eigenvalue weighted by Gasteiger charge is 2.27. The molecule has 0 radical (unpaired) electrons. The molecule has 0 aliphatic carbocycles. The van der Waals surface area contributed by atoms with Crippen molar-refractivity contribution in [2.45, 2.75) is 72.1 Å². The number of ketones is 1. The summed E-state index contributed by atoms with van der Waals surface area (Å²) in [6.45, 7) is 8.60. The predicted octanol–water partition coefficient (Wildman–Crippen LogP) is 5.02. The summed E-state index contributed by atoms with van der Waals surface area (Å²) in [4.78, 5) is 50.2. The Balaban J connectivity index is 2.01. The lowest BCUT2D eigenvalue weighted by molar-refractivity contribution is -0.145. The van der Waals surface area contributed by atoms with E-state index in [-0.39, 0.29) is 37.9 Å². The molecule has 2 atom stereocenters.